The Bertz CT molecular complexity index is 1160. The van der Waals surface area contributed by atoms with E-state index < -0.39 is 0 Å². The second-order valence-electron chi connectivity index (χ2n) is 5.25. The van der Waals surface area contributed by atoms with E-state index in [0.29, 0.717) is 16.1 Å². The summed E-state index contributed by atoms with van der Waals surface area (Å²) in [6, 6.07) is 13.4. The number of imidazole rings is 1. The number of hydrogen-bond donors (Lipinski definition) is 0. The molecule has 0 saturated carbocycles. The van der Waals surface area contributed by atoms with Gasteiger partial charge in [0.2, 0.25) is 0 Å². The average Bonchev–Trinajstić information content (AvgIpc) is 3.07. The van der Waals surface area contributed by atoms with Crippen LogP contribution >= 0.6 is 27.3 Å². The molecular weight excluding hydrogens is 388 g/mol. The van der Waals surface area contributed by atoms with Gasteiger partial charge in [0, 0.05) is 10.0 Å². The minimum absolute atomic E-state index is 0.0499. The number of aromatic nitrogens is 2. The van der Waals surface area contributed by atoms with Gasteiger partial charge in [-0.2, -0.15) is 0 Å². The van der Waals surface area contributed by atoms with Crippen molar-refractivity contribution in [2.75, 3.05) is 6.61 Å². The summed E-state index contributed by atoms with van der Waals surface area (Å²) in [6.45, 7) is 2.52. The van der Waals surface area contributed by atoms with Gasteiger partial charge in [0.25, 0.3) is 5.56 Å². The van der Waals surface area contributed by atoms with Gasteiger partial charge in [-0.3, -0.25) is 4.79 Å². The number of nitrogens with zero attached hydrogens (tertiary/aromatic N) is 2. The number of ether oxygens (including phenoxy) is 1. The first-order valence-electron chi connectivity index (χ1n) is 7.51. The molecule has 0 aliphatic rings. The molecule has 6 heteroatoms. The minimum Gasteiger partial charge on any atom is -0.493 e. The standard InChI is InChI=1S/C18H13BrN2O2S/c1-2-23-15-8-7-12(19)9-11(15)10-16-17(22)21-14-6-4-3-5-13(14)20-18(21)24-16/h3-10H,2H2,1H3/b16-10-. The Kier molecular flexibility index (Phi) is 3.86. The van der Waals surface area contributed by atoms with Crippen molar-refractivity contribution in [3.8, 4) is 5.75 Å². The minimum atomic E-state index is -0.0499. The highest BCUT2D eigenvalue weighted by molar-refractivity contribution is 9.10. The molecule has 0 aliphatic carbocycles. The van der Waals surface area contributed by atoms with E-state index in [1.165, 1.54) is 11.3 Å². The molecule has 0 spiro atoms. The van der Waals surface area contributed by atoms with Gasteiger partial charge in [0.1, 0.15) is 5.75 Å². The van der Waals surface area contributed by atoms with Crippen LogP contribution in [0.5, 0.6) is 5.75 Å². The lowest BCUT2D eigenvalue weighted by atomic mass is 10.2. The molecule has 0 atom stereocenters. The first-order chi connectivity index (χ1) is 11.7. The second-order valence-corrected chi connectivity index (χ2v) is 7.17. The van der Waals surface area contributed by atoms with Crippen molar-refractivity contribution in [3.63, 3.8) is 0 Å². The molecule has 4 aromatic rings. The maximum absolute atomic E-state index is 12.8. The van der Waals surface area contributed by atoms with Crippen LogP contribution in [0.15, 0.2) is 51.7 Å². The lowest BCUT2D eigenvalue weighted by molar-refractivity contribution is 0.339. The molecule has 0 N–H and O–H groups in total. The first-order valence-corrected chi connectivity index (χ1v) is 9.12. The molecular formula is C18H13BrN2O2S. The summed E-state index contributed by atoms with van der Waals surface area (Å²) in [4.78, 5) is 18.1. The lowest BCUT2D eigenvalue weighted by Crippen LogP contribution is -2.22. The molecule has 0 bridgehead atoms. The Morgan fingerprint density at radius 1 is 1.29 bits per heavy atom. The van der Waals surface area contributed by atoms with Gasteiger partial charge in [-0.1, -0.05) is 39.4 Å². The monoisotopic (exact) mass is 400 g/mol. The Labute approximate surface area is 150 Å². The molecule has 2 aromatic carbocycles. The van der Waals surface area contributed by atoms with E-state index in [0.717, 1.165) is 26.8 Å². The van der Waals surface area contributed by atoms with Crippen LogP contribution in [-0.4, -0.2) is 16.0 Å². The van der Waals surface area contributed by atoms with Gasteiger partial charge in [-0.15, -0.1) is 0 Å². The molecule has 4 nitrogen and oxygen atoms in total. The molecule has 0 aliphatic heterocycles. The van der Waals surface area contributed by atoms with Crippen LogP contribution < -0.4 is 14.8 Å². The Morgan fingerprint density at radius 3 is 2.96 bits per heavy atom. The molecule has 4 rings (SSSR count). The molecule has 24 heavy (non-hydrogen) atoms. The maximum Gasteiger partial charge on any atom is 0.274 e. The number of para-hydroxylation sites is 2. The van der Waals surface area contributed by atoms with Crippen LogP contribution in [-0.2, 0) is 0 Å². The van der Waals surface area contributed by atoms with Gasteiger partial charge in [-0.25, -0.2) is 9.38 Å². The van der Waals surface area contributed by atoms with E-state index in [9.17, 15) is 4.79 Å². The SMILES string of the molecule is CCOc1ccc(Br)cc1/C=c1\sc2nc3ccccc3n2c1=O. The van der Waals surface area contributed by atoms with Crippen LogP contribution in [0.3, 0.4) is 0 Å². The van der Waals surface area contributed by atoms with Gasteiger partial charge >= 0.3 is 0 Å². The highest BCUT2D eigenvalue weighted by Gasteiger charge is 2.11. The predicted molar refractivity (Wildman–Crippen MR) is 101 cm³/mol. The highest BCUT2D eigenvalue weighted by Crippen LogP contribution is 2.24. The molecule has 0 saturated heterocycles. The smallest absolute Gasteiger partial charge is 0.274 e. The number of fused-ring (bicyclic) bond motifs is 3. The normalized spacial score (nSPS) is 12.3. The van der Waals surface area contributed by atoms with E-state index in [1.54, 1.807) is 4.40 Å². The molecule has 0 fully saturated rings. The van der Waals surface area contributed by atoms with Crippen molar-refractivity contribution in [2.45, 2.75) is 6.92 Å². The Morgan fingerprint density at radius 2 is 2.12 bits per heavy atom. The summed E-state index contributed by atoms with van der Waals surface area (Å²) >= 11 is 4.86. The number of hydrogen-bond acceptors (Lipinski definition) is 4. The van der Waals surface area contributed by atoms with Crippen LogP contribution in [0.4, 0.5) is 0 Å². The van der Waals surface area contributed by atoms with E-state index in [1.807, 2.05) is 55.5 Å². The summed E-state index contributed by atoms with van der Waals surface area (Å²) in [5.41, 5.74) is 2.50. The molecule has 120 valence electrons. The number of thiazole rings is 1. The fourth-order valence-electron chi connectivity index (χ4n) is 2.67. The summed E-state index contributed by atoms with van der Waals surface area (Å²) in [6.07, 6.45) is 1.87. The van der Waals surface area contributed by atoms with E-state index in [4.69, 9.17) is 4.74 Å². The second kappa shape index (κ2) is 6.03. The molecule has 2 heterocycles. The summed E-state index contributed by atoms with van der Waals surface area (Å²) in [7, 11) is 0. The van der Waals surface area contributed by atoms with E-state index >= 15 is 0 Å². The van der Waals surface area contributed by atoms with Crippen LogP contribution in [0, 0.1) is 0 Å². The summed E-state index contributed by atoms with van der Waals surface area (Å²) in [5.74, 6) is 0.760. The number of rotatable bonds is 3. The third kappa shape index (κ3) is 2.52. The lowest BCUT2D eigenvalue weighted by Gasteiger charge is -2.06. The summed E-state index contributed by atoms with van der Waals surface area (Å²) < 4.78 is 8.91. The zero-order valence-electron chi connectivity index (χ0n) is 12.8. The predicted octanol–water partition coefficient (Wildman–Crippen LogP) is 3.62. The van der Waals surface area contributed by atoms with Crippen LogP contribution in [0.25, 0.3) is 22.1 Å². The van der Waals surface area contributed by atoms with Gasteiger partial charge < -0.3 is 4.74 Å². The average molecular weight is 401 g/mol. The Hall–Kier alpha value is -2.18. The van der Waals surface area contributed by atoms with Gasteiger partial charge in [0.15, 0.2) is 4.96 Å². The number of benzene rings is 2. The van der Waals surface area contributed by atoms with Gasteiger partial charge in [-0.05, 0) is 43.3 Å². The van der Waals surface area contributed by atoms with Crippen molar-refractivity contribution in [1.29, 1.82) is 0 Å². The molecule has 2 aromatic heterocycles. The zero-order chi connectivity index (χ0) is 16.7. The third-order valence-electron chi connectivity index (χ3n) is 3.70. The van der Waals surface area contributed by atoms with E-state index in [-0.39, 0.29) is 5.56 Å². The van der Waals surface area contributed by atoms with Crippen LogP contribution in [0.1, 0.15) is 12.5 Å². The topological polar surface area (TPSA) is 43.6 Å². The van der Waals surface area contributed by atoms with Crippen molar-refractivity contribution in [1.82, 2.24) is 9.38 Å². The van der Waals surface area contributed by atoms with Gasteiger partial charge in [0.05, 0.1) is 22.2 Å². The largest absolute Gasteiger partial charge is 0.493 e. The van der Waals surface area contributed by atoms with E-state index in [2.05, 4.69) is 20.9 Å². The zero-order valence-corrected chi connectivity index (χ0v) is 15.2. The van der Waals surface area contributed by atoms with Crippen LogP contribution in [0.2, 0.25) is 0 Å². The maximum atomic E-state index is 12.8. The quantitative estimate of drug-likeness (QED) is 0.527. The molecule has 0 amide bonds. The first kappa shape index (κ1) is 15.4. The Balaban J connectivity index is 1.97. The summed E-state index contributed by atoms with van der Waals surface area (Å²) in [5, 5.41) is 0. The third-order valence-corrected chi connectivity index (χ3v) is 5.17. The van der Waals surface area contributed by atoms with Crippen molar-refractivity contribution in [3.05, 3.63) is 67.4 Å². The molecule has 0 unspecified atom stereocenters. The molecule has 0 radical (unpaired) electrons. The van der Waals surface area contributed by atoms with Crippen molar-refractivity contribution >= 4 is 49.3 Å². The van der Waals surface area contributed by atoms with Crippen molar-refractivity contribution < 1.29 is 4.74 Å². The fraction of sp³-hybridized carbons (Fsp3) is 0.111. The van der Waals surface area contributed by atoms with Crippen molar-refractivity contribution in [2.24, 2.45) is 0 Å². The number of halogens is 1. The fourth-order valence-corrected chi connectivity index (χ4v) is 4.03. The highest BCUT2D eigenvalue weighted by atomic mass is 79.9.